The molecule has 2 unspecified atom stereocenters. The van der Waals surface area contributed by atoms with E-state index in [9.17, 15) is 4.79 Å². The Hall–Kier alpha value is -0.300. The summed E-state index contributed by atoms with van der Waals surface area (Å²) in [6.45, 7) is 3.66. The summed E-state index contributed by atoms with van der Waals surface area (Å²) in [5, 5.41) is 13.7. The number of hydrogen-bond donors (Lipinski definition) is 3. The van der Waals surface area contributed by atoms with Crippen LogP contribution in [0.2, 0.25) is 0 Å². The van der Waals surface area contributed by atoms with E-state index < -0.39 is 15.1 Å². The Kier molecular flexibility index (Phi) is 7.87. The van der Waals surface area contributed by atoms with E-state index in [0.29, 0.717) is 0 Å². The van der Waals surface area contributed by atoms with Crippen molar-refractivity contribution in [2.75, 3.05) is 6.61 Å². The fourth-order valence-electron chi connectivity index (χ4n) is 0.630. The van der Waals surface area contributed by atoms with Crippen LogP contribution in [0.25, 0.3) is 0 Å². The molecule has 0 aromatic heterocycles. The number of nitrogens with two attached hydrogens (primary N) is 1. The molecule has 0 bridgehead atoms. The Morgan fingerprint density at radius 1 is 1.64 bits per heavy atom. The topological polar surface area (TPSA) is 103 Å². The molecule has 8 heteroatoms. The smallest absolute Gasteiger partial charge is 0.239 e. The number of hydrogen-bond acceptors (Lipinski definition) is 6. The standard InChI is InChI=1S/C6H15N2O5P/c1-4(2)8-6(9)5(7)3-11-14-13-12-10/h4-5,10,14H,3,7H2,1-2H3,(H,8,9). The van der Waals surface area contributed by atoms with Crippen LogP contribution in [0.1, 0.15) is 13.8 Å². The second kappa shape index (κ2) is 8.05. The second-order valence-corrected chi connectivity index (χ2v) is 3.44. The van der Waals surface area contributed by atoms with Gasteiger partial charge in [-0.3, -0.25) is 4.79 Å². The van der Waals surface area contributed by atoms with Gasteiger partial charge in [0.15, 0.2) is 9.03 Å². The van der Waals surface area contributed by atoms with Crippen LogP contribution < -0.4 is 11.1 Å². The van der Waals surface area contributed by atoms with Crippen molar-refractivity contribution in [1.82, 2.24) is 5.32 Å². The maximum absolute atomic E-state index is 11.2. The number of carbonyl (C=O) groups excluding carboxylic acids is 1. The van der Waals surface area contributed by atoms with Crippen LogP contribution in [0.3, 0.4) is 0 Å². The monoisotopic (exact) mass is 226 g/mol. The Bertz CT molecular complexity index is 168. The number of rotatable bonds is 7. The van der Waals surface area contributed by atoms with Crippen LogP contribution in [0, 0.1) is 0 Å². The predicted molar refractivity (Wildman–Crippen MR) is 50.3 cm³/mol. The summed E-state index contributed by atoms with van der Waals surface area (Å²) in [6.07, 6.45) is 0. The van der Waals surface area contributed by atoms with E-state index in [4.69, 9.17) is 15.5 Å². The lowest BCUT2D eigenvalue weighted by atomic mass is 10.3. The Labute approximate surface area is 83.7 Å². The van der Waals surface area contributed by atoms with Gasteiger partial charge in [0, 0.05) is 6.04 Å². The minimum atomic E-state index is -0.757. The third-order valence-electron chi connectivity index (χ3n) is 1.16. The summed E-state index contributed by atoms with van der Waals surface area (Å²) in [5.41, 5.74) is 5.46. The molecule has 0 saturated heterocycles. The van der Waals surface area contributed by atoms with Gasteiger partial charge in [0.2, 0.25) is 5.91 Å². The number of nitrogens with one attached hydrogen (secondary N) is 1. The molecule has 4 N–H and O–H groups in total. The van der Waals surface area contributed by atoms with Crippen LogP contribution in [0.4, 0.5) is 0 Å². The Morgan fingerprint density at radius 3 is 2.79 bits per heavy atom. The minimum Gasteiger partial charge on any atom is -0.353 e. The van der Waals surface area contributed by atoms with Crippen LogP contribution in [-0.4, -0.2) is 29.9 Å². The van der Waals surface area contributed by atoms with Gasteiger partial charge in [0.05, 0.1) is 6.61 Å². The summed E-state index contributed by atoms with van der Waals surface area (Å²) in [5.74, 6) is -0.297. The lowest BCUT2D eigenvalue weighted by Gasteiger charge is -2.13. The average molecular weight is 226 g/mol. The molecule has 0 aromatic rings. The molecule has 0 heterocycles. The Morgan fingerprint density at radius 2 is 2.29 bits per heavy atom. The van der Waals surface area contributed by atoms with E-state index in [-0.39, 0.29) is 18.6 Å². The van der Waals surface area contributed by atoms with Crippen LogP contribution >= 0.6 is 9.03 Å². The van der Waals surface area contributed by atoms with Crippen molar-refractivity contribution >= 4 is 14.9 Å². The molecular weight excluding hydrogens is 211 g/mol. The highest BCUT2D eigenvalue weighted by atomic mass is 31.1. The summed E-state index contributed by atoms with van der Waals surface area (Å²) in [6, 6.07) is -0.722. The third kappa shape index (κ3) is 7.14. The fourth-order valence-corrected chi connectivity index (χ4v) is 0.956. The van der Waals surface area contributed by atoms with Gasteiger partial charge in [-0.1, -0.05) is 5.04 Å². The van der Waals surface area contributed by atoms with E-state index in [1.165, 1.54) is 0 Å². The quantitative estimate of drug-likeness (QED) is 0.240. The van der Waals surface area contributed by atoms with E-state index in [1.54, 1.807) is 0 Å². The van der Waals surface area contributed by atoms with Gasteiger partial charge in [0.25, 0.3) is 0 Å². The lowest BCUT2D eigenvalue weighted by Crippen LogP contribution is -2.45. The SMILES string of the molecule is CC(C)NC(=O)C(N)COPOOO. The largest absolute Gasteiger partial charge is 0.353 e. The molecule has 0 aliphatic rings. The summed E-state index contributed by atoms with van der Waals surface area (Å²) in [4.78, 5) is 11.2. The van der Waals surface area contributed by atoms with Crippen molar-refractivity contribution in [3.63, 3.8) is 0 Å². The van der Waals surface area contributed by atoms with Crippen molar-refractivity contribution in [2.45, 2.75) is 25.9 Å². The molecule has 0 aliphatic heterocycles. The van der Waals surface area contributed by atoms with Crippen molar-refractivity contribution in [2.24, 2.45) is 5.73 Å². The Balaban J connectivity index is 3.52. The molecule has 0 fully saturated rings. The van der Waals surface area contributed by atoms with Crippen molar-refractivity contribution in [3.05, 3.63) is 0 Å². The maximum Gasteiger partial charge on any atom is 0.239 e. The van der Waals surface area contributed by atoms with Crippen molar-refractivity contribution in [1.29, 1.82) is 0 Å². The van der Waals surface area contributed by atoms with Crippen molar-refractivity contribution < 1.29 is 24.3 Å². The first-order valence-electron chi connectivity index (χ1n) is 3.97. The second-order valence-electron chi connectivity index (χ2n) is 2.82. The van der Waals surface area contributed by atoms with E-state index in [0.717, 1.165) is 0 Å². The first kappa shape index (κ1) is 13.7. The fraction of sp³-hybridized carbons (Fsp3) is 0.833. The molecule has 0 spiro atoms. The van der Waals surface area contributed by atoms with E-state index in [2.05, 4.69) is 15.0 Å². The zero-order valence-corrected chi connectivity index (χ0v) is 9.02. The van der Waals surface area contributed by atoms with Gasteiger partial charge in [0.1, 0.15) is 6.04 Å². The first-order chi connectivity index (χ1) is 6.57. The number of amides is 1. The molecule has 0 radical (unpaired) electrons. The predicted octanol–water partition coefficient (Wildman–Crippen LogP) is -0.215. The van der Waals surface area contributed by atoms with Crippen LogP contribution in [0.15, 0.2) is 0 Å². The molecule has 0 aliphatic carbocycles. The van der Waals surface area contributed by atoms with Crippen LogP contribution in [-0.2, 0) is 19.0 Å². The molecule has 2 atom stereocenters. The summed E-state index contributed by atoms with van der Waals surface area (Å²) >= 11 is 0. The van der Waals surface area contributed by atoms with Gasteiger partial charge in [-0.2, -0.15) is 4.67 Å². The molecule has 7 nitrogen and oxygen atoms in total. The summed E-state index contributed by atoms with van der Waals surface area (Å²) in [7, 11) is -0.519. The van der Waals surface area contributed by atoms with Crippen LogP contribution in [0.5, 0.6) is 0 Å². The lowest BCUT2D eigenvalue weighted by molar-refractivity contribution is -0.437. The highest BCUT2D eigenvalue weighted by molar-refractivity contribution is 7.26. The molecule has 1 amide bonds. The molecular formula is C6H15N2O5P. The van der Waals surface area contributed by atoms with Gasteiger partial charge < -0.3 is 15.6 Å². The first-order valence-corrected chi connectivity index (χ1v) is 4.79. The molecule has 0 rings (SSSR count). The zero-order valence-electron chi connectivity index (χ0n) is 8.02. The number of carbonyl (C=O) groups is 1. The minimum absolute atomic E-state index is 0.000355. The van der Waals surface area contributed by atoms with Gasteiger partial charge >= 0.3 is 0 Å². The van der Waals surface area contributed by atoms with Gasteiger partial charge in [-0.25, -0.2) is 5.26 Å². The van der Waals surface area contributed by atoms with E-state index >= 15 is 0 Å². The summed E-state index contributed by atoms with van der Waals surface area (Å²) < 4.78 is 8.79. The van der Waals surface area contributed by atoms with Gasteiger partial charge in [-0.05, 0) is 13.8 Å². The van der Waals surface area contributed by atoms with Crippen molar-refractivity contribution in [3.8, 4) is 0 Å². The zero-order chi connectivity index (χ0) is 11.0. The average Bonchev–Trinajstić information content (AvgIpc) is 2.11. The highest BCUT2D eigenvalue weighted by Crippen LogP contribution is 2.12. The molecule has 84 valence electrons. The normalized spacial score (nSPS) is 13.8. The van der Waals surface area contributed by atoms with E-state index in [1.807, 2.05) is 13.8 Å². The van der Waals surface area contributed by atoms with Gasteiger partial charge in [-0.15, -0.1) is 0 Å². The maximum atomic E-state index is 11.2. The highest BCUT2D eigenvalue weighted by Gasteiger charge is 2.14. The molecule has 0 saturated carbocycles. The molecule has 0 aromatic carbocycles. The molecule has 14 heavy (non-hydrogen) atoms. The third-order valence-corrected chi connectivity index (χ3v) is 1.59.